The summed E-state index contributed by atoms with van der Waals surface area (Å²) in [5.74, 6) is -5.54. The van der Waals surface area contributed by atoms with Crippen molar-refractivity contribution < 1.29 is 34.4 Å². The fraction of sp³-hybridized carbons (Fsp3) is 0.864. The summed E-state index contributed by atoms with van der Waals surface area (Å²) in [6.45, 7) is 8.05. The minimum atomic E-state index is -2.27. The predicted molar refractivity (Wildman–Crippen MR) is 111 cm³/mol. The SMILES string of the molecule is CCCCC(CC)COC(CC(=O)O)(C(=O)O)C(CC(CC)CCCC)C(=O)O. The normalized spacial score (nSPS) is 16.6. The van der Waals surface area contributed by atoms with Crippen LogP contribution in [0, 0.1) is 17.8 Å². The summed E-state index contributed by atoms with van der Waals surface area (Å²) in [6.07, 6.45) is 6.13. The number of rotatable bonds is 18. The summed E-state index contributed by atoms with van der Waals surface area (Å²) < 4.78 is 5.76. The summed E-state index contributed by atoms with van der Waals surface area (Å²) in [6, 6.07) is 0. The highest BCUT2D eigenvalue weighted by atomic mass is 16.5. The van der Waals surface area contributed by atoms with E-state index in [0.717, 1.165) is 44.9 Å². The lowest BCUT2D eigenvalue weighted by atomic mass is 9.76. The predicted octanol–water partition coefficient (Wildman–Crippen LogP) is 4.82. The molecule has 0 bridgehead atoms. The fourth-order valence-corrected chi connectivity index (χ4v) is 3.76. The Kier molecular flexibility index (Phi) is 13.6. The largest absolute Gasteiger partial charge is 0.481 e. The highest BCUT2D eigenvalue weighted by molar-refractivity contribution is 5.90. The van der Waals surface area contributed by atoms with Crippen LogP contribution in [-0.2, 0) is 19.1 Å². The molecule has 0 radical (unpaired) electrons. The van der Waals surface area contributed by atoms with Crippen LogP contribution < -0.4 is 0 Å². The molecule has 3 N–H and O–H groups in total. The zero-order chi connectivity index (χ0) is 22.4. The van der Waals surface area contributed by atoms with Gasteiger partial charge >= 0.3 is 17.9 Å². The average molecular weight is 417 g/mol. The van der Waals surface area contributed by atoms with Gasteiger partial charge in [0.15, 0.2) is 5.60 Å². The molecule has 0 amide bonds. The van der Waals surface area contributed by atoms with Gasteiger partial charge in [-0.1, -0.05) is 72.6 Å². The number of carbonyl (C=O) groups is 3. The molecule has 4 unspecified atom stereocenters. The third kappa shape index (κ3) is 9.15. The number of hydrogen-bond donors (Lipinski definition) is 3. The first-order valence-electron chi connectivity index (χ1n) is 11.0. The van der Waals surface area contributed by atoms with Gasteiger partial charge in [-0.15, -0.1) is 0 Å². The number of carboxylic acids is 3. The van der Waals surface area contributed by atoms with E-state index in [0.29, 0.717) is 6.42 Å². The highest BCUT2D eigenvalue weighted by Gasteiger charge is 2.53. The molecular formula is C22H40O7. The van der Waals surface area contributed by atoms with Gasteiger partial charge in [0.25, 0.3) is 0 Å². The Morgan fingerprint density at radius 3 is 1.76 bits per heavy atom. The molecule has 170 valence electrons. The zero-order valence-corrected chi connectivity index (χ0v) is 18.5. The number of aliphatic carboxylic acids is 3. The molecule has 0 aromatic heterocycles. The summed E-state index contributed by atoms with van der Waals surface area (Å²) in [5, 5.41) is 29.2. The Hall–Kier alpha value is -1.63. The van der Waals surface area contributed by atoms with Crippen molar-refractivity contribution in [2.24, 2.45) is 17.8 Å². The first-order valence-corrected chi connectivity index (χ1v) is 11.0. The van der Waals surface area contributed by atoms with Crippen molar-refractivity contribution in [2.75, 3.05) is 6.61 Å². The molecule has 0 aromatic carbocycles. The van der Waals surface area contributed by atoms with Gasteiger partial charge in [0.2, 0.25) is 0 Å². The van der Waals surface area contributed by atoms with E-state index in [2.05, 4.69) is 6.92 Å². The van der Waals surface area contributed by atoms with Crippen molar-refractivity contribution in [2.45, 2.75) is 97.5 Å². The van der Waals surface area contributed by atoms with Gasteiger partial charge in [-0.25, -0.2) is 4.79 Å². The van der Waals surface area contributed by atoms with Crippen molar-refractivity contribution in [1.29, 1.82) is 0 Å². The third-order valence-electron chi connectivity index (χ3n) is 5.87. The Balaban J connectivity index is 5.82. The maximum absolute atomic E-state index is 12.2. The third-order valence-corrected chi connectivity index (χ3v) is 5.87. The molecule has 0 aliphatic heterocycles. The second-order valence-electron chi connectivity index (χ2n) is 8.04. The van der Waals surface area contributed by atoms with Crippen molar-refractivity contribution in [3.8, 4) is 0 Å². The Labute approximate surface area is 174 Å². The van der Waals surface area contributed by atoms with Crippen LogP contribution in [0.15, 0.2) is 0 Å². The number of ether oxygens (including phenoxy) is 1. The minimum Gasteiger partial charge on any atom is -0.481 e. The highest BCUT2D eigenvalue weighted by Crippen LogP contribution is 2.36. The summed E-state index contributed by atoms with van der Waals surface area (Å²) in [7, 11) is 0. The van der Waals surface area contributed by atoms with E-state index in [-0.39, 0.29) is 24.9 Å². The second-order valence-corrected chi connectivity index (χ2v) is 8.04. The molecule has 0 heterocycles. The van der Waals surface area contributed by atoms with Crippen molar-refractivity contribution in [1.82, 2.24) is 0 Å². The van der Waals surface area contributed by atoms with Crippen LogP contribution in [0.5, 0.6) is 0 Å². The quantitative estimate of drug-likeness (QED) is 0.293. The minimum absolute atomic E-state index is 0.00855. The van der Waals surface area contributed by atoms with Gasteiger partial charge < -0.3 is 20.1 Å². The van der Waals surface area contributed by atoms with E-state index < -0.39 is 35.8 Å². The van der Waals surface area contributed by atoms with Gasteiger partial charge in [0.05, 0.1) is 18.9 Å². The van der Waals surface area contributed by atoms with Gasteiger partial charge in [0, 0.05) is 0 Å². The maximum atomic E-state index is 12.2. The lowest BCUT2D eigenvalue weighted by Crippen LogP contribution is -2.54. The Bertz CT molecular complexity index is 505. The van der Waals surface area contributed by atoms with Crippen LogP contribution in [-0.4, -0.2) is 45.4 Å². The summed E-state index contributed by atoms with van der Waals surface area (Å²) in [5.41, 5.74) is -2.27. The lowest BCUT2D eigenvalue weighted by molar-refractivity contribution is -0.192. The van der Waals surface area contributed by atoms with Gasteiger partial charge in [-0.2, -0.15) is 0 Å². The molecule has 0 saturated heterocycles. The molecule has 7 nitrogen and oxygen atoms in total. The van der Waals surface area contributed by atoms with Crippen LogP contribution in [0.4, 0.5) is 0 Å². The van der Waals surface area contributed by atoms with Crippen LogP contribution in [0.1, 0.15) is 91.9 Å². The maximum Gasteiger partial charge on any atom is 0.337 e. The van der Waals surface area contributed by atoms with Gasteiger partial charge in [-0.05, 0) is 24.7 Å². The van der Waals surface area contributed by atoms with E-state index >= 15 is 0 Å². The van der Waals surface area contributed by atoms with Crippen LogP contribution in [0.25, 0.3) is 0 Å². The van der Waals surface area contributed by atoms with Crippen molar-refractivity contribution in [3.05, 3.63) is 0 Å². The molecular weight excluding hydrogens is 376 g/mol. The number of carboxylic acid groups (broad SMARTS) is 3. The van der Waals surface area contributed by atoms with E-state index in [1.807, 2.05) is 20.8 Å². The van der Waals surface area contributed by atoms with Crippen LogP contribution >= 0.6 is 0 Å². The average Bonchev–Trinajstić information content (AvgIpc) is 2.66. The molecule has 7 heteroatoms. The zero-order valence-electron chi connectivity index (χ0n) is 18.5. The number of unbranched alkanes of at least 4 members (excludes halogenated alkanes) is 2. The van der Waals surface area contributed by atoms with Crippen molar-refractivity contribution >= 4 is 17.9 Å². The molecule has 0 fully saturated rings. The van der Waals surface area contributed by atoms with E-state index in [1.165, 1.54) is 0 Å². The summed E-state index contributed by atoms with van der Waals surface area (Å²) in [4.78, 5) is 35.9. The Morgan fingerprint density at radius 1 is 0.862 bits per heavy atom. The van der Waals surface area contributed by atoms with E-state index in [4.69, 9.17) is 4.74 Å². The van der Waals surface area contributed by atoms with E-state index in [9.17, 15) is 29.7 Å². The molecule has 4 atom stereocenters. The standard InChI is InChI=1S/C22H40O7/c1-5-9-11-16(7-3)13-18(20(25)26)22(21(27)28,14-19(23)24)29-15-17(8-4)12-10-6-2/h16-18H,5-15H2,1-4H3,(H,23,24)(H,25,26)(H,27,28). The molecule has 0 rings (SSSR count). The van der Waals surface area contributed by atoms with E-state index in [1.54, 1.807) is 0 Å². The van der Waals surface area contributed by atoms with Crippen molar-refractivity contribution in [3.63, 3.8) is 0 Å². The smallest absolute Gasteiger partial charge is 0.337 e. The number of hydrogen-bond acceptors (Lipinski definition) is 4. The molecule has 0 aliphatic rings. The van der Waals surface area contributed by atoms with Gasteiger partial charge in [-0.3, -0.25) is 9.59 Å². The molecule has 0 saturated carbocycles. The first kappa shape index (κ1) is 27.4. The topological polar surface area (TPSA) is 121 Å². The molecule has 0 spiro atoms. The molecule has 29 heavy (non-hydrogen) atoms. The molecule has 0 aromatic rings. The van der Waals surface area contributed by atoms with Gasteiger partial charge in [0.1, 0.15) is 0 Å². The summed E-state index contributed by atoms with van der Waals surface area (Å²) >= 11 is 0. The lowest BCUT2D eigenvalue weighted by Gasteiger charge is -2.36. The first-order chi connectivity index (χ1) is 13.7. The van der Waals surface area contributed by atoms with Crippen LogP contribution in [0.2, 0.25) is 0 Å². The fourth-order valence-electron chi connectivity index (χ4n) is 3.76. The molecule has 0 aliphatic carbocycles. The monoisotopic (exact) mass is 416 g/mol. The van der Waals surface area contributed by atoms with Crippen LogP contribution in [0.3, 0.4) is 0 Å². The second kappa shape index (κ2) is 14.4. The Morgan fingerprint density at radius 2 is 1.38 bits per heavy atom.